The van der Waals surface area contributed by atoms with Crippen LogP contribution < -0.4 is 30.0 Å². The number of hydrogen-bond donors (Lipinski definition) is 3. The third kappa shape index (κ3) is 11.1. The van der Waals surface area contributed by atoms with E-state index in [2.05, 4.69) is 19.2 Å². The summed E-state index contributed by atoms with van der Waals surface area (Å²) in [6, 6.07) is 6.18. The second-order valence-electron chi connectivity index (χ2n) is 10.1. The highest BCUT2D eigenvalue weighted by atomic mass is 16.5. The van der Waals surface area contributed by atoms with Crippen LogP contribution in [0.4, 0.5) is 11.4 Å². The summed E-state index contributed by atoms with van der Waals surface area (Å²) in [5.74, 6) is -0.760. The van der Waals surface area contributed by atoms with Gasteiger partial charge in [0.1, 0.15) is 17.1 Å². The van der Waals surface area contributed by atoms with Gasteiger partial charge in [0.2, 0.25) is 0 Å². The van der Waals surface area contributed by atoms with Gasteiger partial charge < -0.3 is 35.1 Å². The van der Waals surface area contributed by atoms with E-state index in [1.807, 2.05) is 0 Å². The molecule has 0 aliphatic carbocycles. The molecule has 0 spiro atoms. The Bertz CT molecular complexity index is 1100. The van der Waals surface area contributed by atoms with Gasteiger partial charge >= 0.3 is 5.97 Å². The topological polar surface area (TPSA) is 129 Å². The summed E-state index contributed by atoms with van der Waals surface area (Å²) >= 11 is 0. The first kappa shape index (κ1) is 33.6. The minimum Gasteiger partial charge on any atom is -0.494 e. The fourth-order valence-electron chi connectivity index (χ4n) is 4.60. The third-order valence-electron chi connectivity index (χ3n) is 6.82. The number of carboxylic acid groups (broad SMARTS) is 1. The van der Waals surface area contributed by atoms with Gasteiger partial charge in [0.15, 0.2) is 11.5 Å². The predicted octanol–water partition coefficient (Wildman–Crippen LogP) is 7.72. The zero-order valence-electron chi connectivity index (χ0n) is 25.2. The lowest BCUT2D eigenvalue weighted by atomic mass is 10.1. The maximum atomic E-state index is 13.5. The molecule has 0 aromatic heterocycles. The van der Waals surface area contributed by atoms with Crippen molar-refractivity contribution in [2.75, 3.05) is 38.5 Å². The van der Waals surface area contributed by atoms with Gasteiger partial charge in [0.05, 0.1) is 44.4 Å². The van der Waals surface area contributed by atoms with E-state index in [1.54, 1.807) is 18.2 Å². The fraction of sp³-hybridized carbons (Fsp3) is 0.562. The predicted molar refractivity (Wildman–Crippen MR) is 163 cm³/mol. The van der Waals surface area contributed by atoms with Crippen molar-refractivity contribution in [3.63, 3.8) is 0 Å². The number of benzene rings is 2. The third-order valence-corrected chi connectivity index (χ3v) is 6.82. The molecule has 2 aromatic carbocycles. The number of unbranched alkanes of at least 4 members (excludes halogenated alkanes) is 10. The highest BCUT2D eigenvalue weighted by Gasteiger charge is 2.23. The SMILES string of the molecule is CCCCCCCCOc1cc(N)c(OC)c(C(=O)Nc2cc(OCCCCCCCC)cc(C(=O)O)c2OC)c1. The average molecular weight is 573 g/mol. The second kappa shape index (κ2) is 18.7. The quantitative estimate of drug-likeness (QED) is 0.102. The summed E-state index contributed by atoms with van der Waals surface area (Å²) in [4.78, 5) is 25.5. The zero-order chi connectivity index (χ0) is 30.0. The monoisotopic (exact) mass is 572 g/mol. The van der Waals surface area contributed by atoms with Crippen LogP contribution in [-0.4, -0.2) is 44.4 Å². The first-order valence-electron chi connectivity index (χ1n) is 14.9. The molecule has 0 atom stereocenters. The number of carboxylic acids is 1. The summed E-state index contributed by atoms with van der Waals surface area (Å²) in [5.41, 5.74) is 6.65. The molecule has 0 radical (unpaired) electrons. The molecule has 0 bridgehead atoms. The van der Waals surface area contributed by atoms with E-state index in [0.717, 1.165) is 38.5 Å². The molecule has 2 rings (SSSR count). The number of ether oxygens (including phenoxy) is 4. The summed E-state index contributed by atoms with van der Waals surface area (Å²) in [6.45, 7) is 5.31. The lowest BCUT2D eigenvalue weighted by Gasteiger charge is -2.17. The van der Waals surface area contributed by atoms with Gasteiger partial charge in [-0.3, -0.25) is 4.79 Å². The van der Waals surface area contributed by atoms with Crippen molar-refractivity contribution in [1.29, 1.82) is 0 Å². The fourth-order valence-corrected chi connectivity index (χ4v) is 4.60. The summed E-state index contributed by atoms with van der Waals surface area (Å²) in [5, 5.41) is 12.6. The van der Waals surface area contributed by atoms with Crippen LogP contribution in [-0.2, 0) is 0 Å². The van der Waals surface area contributed by atoms with Crippen molar-refractivity contribution in [2.45, 2.75) is 90.9 Å². The van der Waals surface area contributed by atoms with Crippen molar-refractivity contribution in [1.82, 2.24) is 0 Å². The average Bonchev–Trinajstić information content (AvgIpc) is 2.95. The van der Waals surface area contributed by atoms with Gasteiger partial charge in [-0.25, -0.2) is 4.79 Å². The lowest BCUT2D eigenvalue weighted by Crippen LogP contribution is -2.16. The number of hydrogen-bond acceptors (Lipinski definition) is 7. The molecule has 1 amide bonds. The van der Waals surface area contributed by atoms with Crippen molar-refractivity contribution in [3.05, 3.63) is 35.4 Å². The van der Waals surface area contributed by atoms with Crippen molar-refractivity contribution >= 4 is 23.3 Å². The molecule has 9 heteroatoms. The molecular weight excluding hydrogens is 524 g/mol. The normalized spacial score (nSPS) is 10.7. The summed E-state index contributed by atoms with van der Waals surface area (Å²) in [6.07, 6.45) is 13.4. The largest absolute Gasteiger partial charge is 0.494 e. The first-order valence-corrected chi connectivity index (χ1v) is 14.9. The molecule has 4 N–H and O–H groups in total. The molecule has 0 fully saturated rings. The van der Waals surface area contributed by atoms with Crippen LogP contribution in [0.25, 0.3) is 0 Å². The Labute approximate surface area is 244 Å². The number of anilines is 2. The van der Waals surface area contributed by atoms with Crippen molar-refractivity contribution < 1.29 is 33.6 Å². The van der Waals surface area contributed by atoms with E-state index < -0.39 is 11.9 Å². The van der Waals surface area contributed by atoms with E-state index in [1.165, 1.54) is 58.8 Å². The van der Waals surface area contributed by atoms with E-state index in [-0.39, 0.29) is 34.0 Å². The molecule has 0 aliphatic rings. The number of carbonyl (C=O) groups is 2. The molecule has 2 aromatic rings. The standard InChI is InChI=1S/C32H48N2O7/c1-5-7-9-11-13-15-17-40-23-19-25(29(38-3)27(33)21-23)31(35)34-28-22-24(20-26(32(36)37)30(28)39-4)41-18-16-14-12-10-8-6-2/h19-22H,5-18,33H2,1-4H3,(H,34,35)(H,36,37). The Morgan fingerprint density at radius 1 is 0.707 bits per heavy atom. The molecular formula is C32H48N2O7. The number of nitrogen functional groups attached to an aromatic ring is 1. The van der Waals surface area contributed by atoms with Crippen LogP contribution in [0, 0.1) is 0 Å². The number of amides is 1. The molecule has 0 heterocycles. The highest BCUT2D eigenvalue weighted by molar-refractivity contribution is 6.09. The smallest absolute Gasteiger partial charge is 0.339 e. The lowest BCUT2D eigenvalue weighted by molar-refractivity contribution is 0.0692. The van der Waals surface area contributed by atoms with E-state index in [9.17, 15) is 14.7 Å². The van der Waals surface area contributed by atoms with Crippen LogP contribution in [0.5, 0.6) is 23.0 Å². The first-order chi connectivity index (χ1) is 19.9. The Morgan fingerprint density at radius 3 is 1.71 bits per heavy atom. The van der Waals surface area contributed by atoms with Crippen molar-refractivity contribution in [3.8, 4) is 23.0 Å². The Hall–Kier alpha value is -3.62. The number of nitrogens with two attached hydrogens (primary N) is 1. The maximum absolute atomic E-state index is 13.5. The number of aromatic carboxylic acids is 1. The van der Waals surface area contributed by atoms with Crippen LogP contribution in [0.15, 0.2) is 24.3 Å². The molecule has 0 aliphatic heterocycles. The maximum Gasteiger partial charge on any atom is 0.339 e. The van der Waals surface area contributed by atoms with E-state index in [4.69, 9.17) is 24.7 Å². The molecule has 228 valence electrons. The van der Waals surface area contributed by atoms with Crippen LogP contribution in [0.2, 0.25) is 0 Å². The Kier molecular flexibility index (Phi) is 15.3. The Balaban J connectivity index is 2.19. The van der Waals surface area contributed by atoms with Gasteiger partial charge in [0, 0.05) is 12.1 Å². The van der Waals surface area contributed by atoms with Gasteiger partial charge in [-0.15, -0.1) is 0 Å². The summed E-state index contributed by atoms with van der Waals surface area (Å²) < 4.78 is 22.6. The second-order valence-corrected chi connectivity index (χ2v) is 10.1. The minimum atomic E-state index is -1.20. The van der Waals surface area contributed by atoms with Gasteiger partial charge in [-0.2, -0.15) is 0 Å². The molecule has 9 nitrogen and oxygen atoms in total. The van der Waals surface area contributed by atoms with E-state index >= 15 is 0 Å². The van der Waals surface area contributed by atoms with Gasteiger partial charge in [-0.05, 0) is 25.0 Å². The zero-order valence-corrected chi connectivity index (χ0v) is 25.2. The van der Waals surface area contributed by atoms with Gasteiger partial charge in [0.25, 0.3) is 5.91 Å². The Morgan fingerprint density at radius 2 is 1.20 bits per heavy atom. The number of methoxy groups -OCH3 is 2. The van der Waals surface area contributed by atoms with Crippen LogP contribution in [0.1, 0.15) is 112 Å². The van der Waals surface area contributed by atoms with Crippen LogP contribution in [0.3, 0.4) is 0 Å². The molecule has 0 saturated carbocycles. The number of nitrogens with one attached hydrogen (secondary N) is 1. The summed E-state index contributed by atoms with van der Waals surface area (Å²) in [7, 11) is 2.78. The molecule has 0 unspecified atom stereocenters. The number of rotatable bonds is 21. The highest BCUT2D eigenvalue weighted by Crippen LogP contribution is 2.37. The van der Waals surface area contributed by atoms with Crippen LogP contribution >= 0.6 is 0 Å². The van der Waals surface area contributed by atoms with Gasteiger partial charge in [-0.1, -0.05) is 78.1 Å². The minimum absolute atomic E-state index is 0.0141. The number of carbonyl (C=O) groups excluding carboxylic acids is 1. The van der Waals surface area contributed by atoms with E-state index in [0.29, 0.717) is 24.7 Å². The van der Waals surface area contributed by atoms with Crippen molar-refractivity contribution in [2.24, 2.45) is 0 Å². The molecule has 0 saturated heterocycles. The molecule has 41 heavy (non-hydrogen) atoms.